The molecular weight excluding hydrogens is 444 g/mol. The van der Waals surface area contributed by atoms with E-state index in [0.717, 1.165) is 42.1 Å². The molecule has 1 unspecified atom stereocenters. The first-order chi connectivity index (χ1) is 16.9. The number of ether oxygens (including phenoxy) is 2. The number of nitrogens with zero attached hydrogens (tertiary/aromatic N) is 2. The summed E-state index contributed by atoms with van der Waals surface area (Å²) in [6.45, 7) is 11.0. The number of likely N-dealkylation sites (tertiary alicyclic amines) is 1. The van der Waals surface area contributed by atoms with Gasteiger partial charge in [-0.2, -0.15) is 0 Å². The Bertz CT molecular complexity index is 1070. The molecule has 1 fully saturated rings. The van der Waals surface area contributed by atoms with E-state index in [1.807, 2.05) is 38.1 Å². The van der Waals surface area contributed by atoms with E-state index in [1.165, 1.54) is 4.90 Å². The molecule has 1 atom stereocenters. The van der Waals surface area contributed by atoms with E-state index < -0.39 is 17.7 Å². The van der Waals surface area contributed by atoms with Gasteiger partial charge in [0.15, 0.2) is 0 Å². The molecule has 1 aliphatic rings. The van der Waals surface area contributed by atoms with Gasteiger partial charge in [-0.1, -0.05) is 19.1 Å². The van der Waals surface area contributed by atoms with E-state index in [4.69, 9.17) is 9.47 Å². The lowest BCUT2D eigenvalue weighted by Crippen LogP contribution is -2.32. The summed E-state index contributed by atoms with van der Waals surface area (Å²) in [6.07, 6.45) is 0.888. The fourth-order valence-electron chi connectivity index (χ4n) is 4.43. The van der Waals surface area contributed by atoms with Gasteiger partial charge in [-0.05, 0) is 68.7 Å². The SMILES string of the molecule is CCCOc1ccc(/C(O)=C2/C(=O)C(=O)N(CCOC)C2c2ccc(N(CC)CC)cc2)cc1C. The van der Waals surface area contributed by atoms with Crippen molar-refractivity contribution in [1.29, 1.82) is 0 Å². The Hall–Kier alpha value is -3.32. The standard InChI is InChI=1S/C28H36N2O5/c1-6-16-35-23-14-11-21(18-19(23)4)26(31)24-25(30(15-17-34-5)28(33)27(24)32)20-9-12-22(13-10-20)29(7-2)8-3/h9-14,18,25,31H,6-8,15-17H2,1-5H3/b26-24-. The Morgan fingerprint density at radius 3 is 2.29 bits per heavy atom. The summed E-state index contributed by atoms with van der Waals surface area (Å²) in [5.41, 5.74) is 3.23. The number of methoxy groups -OCH3 is 1. The first-order valence-electron chi connectivity index (χ1n) is 12.2. The molecule has 0 bridgehead atoms. The average Bonchev–Trinajstić information content (AvgIpc) is 3.12. The molecule has 7 heteroatoms. The van der Waals surface area contributed by atoms with Gasteiger partial charge in [-0.25, -0.2) is 0 Å². The van der Waals surface area contributed by atoms with Crippen LogP contribution in [0.1, 0.15) is 49.9 Å². The van der Waals surface area contributed by atoms with Crippen molar-refractivity contribution in [3.05, 3.63) is 64.7 Å². The molecular formula is C28H36N2O5. The van der Waals surface area contributed by atoms with Gasteiger partial charge in [-0.15, -0.1) is 0 Å². The second-order valence-corrected chi connectivity index (χ2v) is 8.58. The summed E-state index contributed by atoms with van der Waals surface area (Å²) in [5.74, 6) is -0.792. The largest absolute Gasteiger partial charge is 0.507 e. The fourth-order valence-corrected chi connectivity index (χ4v) is 4.43. The van der Waals surface area contributed by atoms with Crippen molar-refractivity contribution in [3.63, 3.8) is 0 Å². The molecule has 188 valence electrons. The fraction of sp³-hybridized carbons (Fsp3) is 0.429. The van der Waals surface area contributed by atoms with Gasteiger partial charge in [-0.3, -0.25) is 9.59 Å². The number of hydrogen-bond acceptors (Lipinski definition) is 6. The molecule has 7 nitrogen and oxygen atoms in total. The number of amides is 1. The number of carbonyl (C=O) groups excluding carboxylic acids is 2. The molecule has 1 amide bonds. The van der Waals surface area contributed by atoms with Crippen LogP contribution in [0.5, 0.6) is 5.75 Å². The van der Waals surface area contributed by atoms with Crippen LogP contribution in [0.2, 0.25) is 0 Å². The van der Waals surface area contributed by atoms with Gasteiger partial charge in [0, 0.05) is 38.0 Å². The Kier molecular flexibility index (Phi) is 8.93. The Labute approximate surface area is 207 Å². The maximum absolute atomic E-state index is 13.2. The minimum absolute atomic E-state index is 0.0864. The summed E-state index contributed by atoms with van der Waals surface area (Å²) in [5, 5.41) is 11.3. The minimum Gasteiger partial charge on any atom is -0.507 e. The summed E-state index contributed by atoms with van der Waals surface area (Å²) in [6, 6.07) is 12.4. The van der Waals surface area contributed by atoms with Crippen molar-refractivity contribution in [2.75, 3.05) is 44.9 Å². The molecule has 0 aromatic heterocycles. The van der Waals surface area contributed by atoms with Crippen LogP contribution >= 0.6 is 0 Å². The summed E-state index contributed by atoms with van der Waals surface area (Å²) in [7, 11) is 1.55. The maximum Gasteiger partial charge on any atom is 0.295 e. The van der Waals surface area contributed by atoms with Crippen molar-refractivity contribution in [1.82, 2.24) is 4.90 Å². The summed E-state index contributed by atoms with van der Waals surface area (Å²) in [4.78, 5) is 29.9. The van der Waals surface area contributed by atoms with E-state index in [9.17, 15) is 14.7 Å². The molecule has 0 saturated carbocycles. The molecule has 1 saturated heterocycles. The van der Waals surface area contributed by atoms with Crippen LogP contribution in [-0.4, -0.2) is 61.7 Å². The quantitative estimate of drug-likeness (QED) is 0.285. The van der Waals surface area contributed by atoms with E-state index in [1.54, 1.807) is 25.3 Å². The summed E-state index contributed by atoms with van der Waals surface area (Å²) < 4.78 is 10.9. The highest BCUT2D eigenvalue weighted by molar-refractivity contribution is 6.46. The molecule has 1 N–H and O–H groups in total. The molecule has 0 radical (unpaired) electrons. The normalized spacial score (nSPS) is 17.2. The van der Waals surface area contributed by atoms with Crippen molar-refractivity contribution in [2.24, 2.45) is 0 Å². The number of aryl methyl sites for hydroxylation is 1. The third kappa shape index (κ3) is 5.51. The van der Waals surface area contributed by atoms with Gasteiger partial charge < -0.3 is 24.4 Å². The van der Waals surface area contributed by atoms with E-state index in [0.29, 0.717) is 12.2 Å². The van der Waals surface area contributed by atoms with Gasteiger partial charge in [0.05, 0.1) is 24.8 Å². The van der Waals surface area contributed by atoms with Crippen LogP contribution in [-0.2, 0) is 14.3 Å². The number of hydrogen-bond donors (Lipinski definition) is 1. The highest BCUT2D eigenvalue weighted by Crippen LogP contribution is 2.40. The average molecular weight is 481 g/mol. The van der Waals surface area contributed by atoms with E-state index in [2.05, 4.69) is 18.7 Å². The zero-order chi connectivity index (χ0) is 25.5. The van der Waals surface area contributed by atoms with Gasteiger partial charge in [0.25, 0.3) is 11.7 Å². The van der Waals surface area contributed by atoms with Crippen molar-refractivity contribution in [2.45, 2.75) is 40.2 Å². The number of aliphatic hydroxyl groups is 1. The molecule has 0 spiro atoms. The highest BCUT2D eigenvalue weighted by Gasteiger charge is 2.45. The van der Waals surface area contributed by atoms with Crippen LogP contribution in [0, 0.1) is 6.92 Å². The number of Topliss-reactive ketones (excluding diaryl/α,β-unsaturated/α-hetero) is 1. The zero-order valence-corrected chi connectivity index (χ0v) is 21.3. The van der Waals surface area contributed by atoms with Crippen LogP contribution in [0.4, 0.5) is 5.69 Å². The number of carbonyl (C=O) groups is 2. The predicted octanol–water partition coefficient (Wildman–Crippen LogP) is 4.70. The molecule has 1 aliphatic heterocycles. The second kappa shape index (κ2) is 11.9. The first-order valence-corrected chi connectivity index (χ1v) is 12.2. The number of rotatable bonds is 11. The number of aliphatic hydroxyl groups excluding tert-OH is 1. The number of benzene rings is 2. The molecule has 35 heavy (non-hydrogen) atoms. The molecule has 0 aliphatic carbocycles. The van der Waals surface area contributed by atoms with Crippen LogP contribution in [0.25, 0.3) is 5.76 Å². The highest BCUT2D eigenvalue weighted by atomic mass is 16.5. The van der Waals surface area contributed by atoms with Crippen LogP contribution < -0.4 is 9.64 Å². The van der Waals surface area contributed by atoms with Crippen molar-refractivity contribution in [3.8, 4) is 5.75 Å². The van der Waals surface area contributed by atoms with Gasteiger partial charge in [0.2, 0.25) is 0 Å². The monoisotopic (exact) mass is 480 g/mol. The lowest BCUT2D eigenvalue weighted by atomic mass is 9.94. The van der Waals surface area contributed by atoms with E-state index in [-0.39, 0.29) is 24.5 Å². The van der Waals surface area contributed by atoms with Crippen molar-refractivity contribution >= 4 is 23.1 Å². The number of ketones is 1. The maximum atomic E-state index is 13.2. The van der Waals surface area contributed by atoms with Crippen LogP contribution in [0.3, 0.4) is 0 Å². The topological polar surface area (TPSA) is 79.3 Å². The first kappa shape index (κ1) is 26.3. The third-order valence-corrected chi connectivity index (χ3v) is 6.32. The number of anilines is 1. The Morgan fingerprint density at radius 2 is 1.71 bits per heavy atom. The van der Waals surface area contributed by atoms with Crippen LogP contribution in [0.15, 0.2) is 48.0 Å². The smallest absolute Gasteiger partial charge is 0.295 e. The zero-order valence-electron chi connectivity index (χ0n) is 21.3. The molecule has 2 aromatic carbocycles. The Balaban J connectivity index is 2.08. The predicted molar refractivity (Wildman–Crippen MR) is 138 cm³/mol. The molecule has 2 aromatic rings. The van der Waals surface area contributed by atoms with Gasteiger partial charge >= 0.3 is 0 Å². The lowest BCUT2D eigenvalue weighted by molar-refractivity contribution is -0.140. The van der Waals surface area contributed by atoms with Crippen molar-refractivity contribution < 1.29 is 24.2 Å². The lowest BCUT2D eigenvalue weighted by Gasteiger charge is -2.26. The van der Waals surface area contributed by atoms with E-state index >= 15 is 0 Å². The summed E-state index contributed by atoms with van der Waals surface area (Å²) >= 11 is 0. The molecule has 3 rings (SSSR count). The Morgan fingerprint density at radius 1 is 1.03 bits per heavy atom. The van der Waals surface area contributed by atoms with Gasteiger partial charge in [0.1, 0.15) is 11.5 Å². The molecule has 1 heterocycles. The second-order valence-electron chi connectivity index (χ2n) is 8.58. The third-order valence-electron chi connectivity index (χ3n) is 6.32. The minimum atomic E-state index is -0.702.